The van der Waals surface area contributed by atoms with E-state index in [1.807, 2.05) is 23.5 Å². The first-order valence-corrected chi connectivity index (χ1v) is 22.1. The highest BCUT2D eigenvalue weighted by molar-refractivity contribution is 7.19. The number of furan rings is 1. The Kier molecular flexibility index (Phi) is 7.72. The van der Waals surface area contributed by atoms with Gasteiger partial charge < -0.3 is 9.32 Å². The largest absolute Gasteiger partial charge is 0.455 e. The Morgan fingerprint density at radius 1 is 0.355 bits per heavy atom. The van der Waals surface area contributed by atoms with Crippen LogP contribution in [0.2, 0.25) is 0 Å². The molecule has 2 heterocycles. The minimum Gasteiger partial charge on any atom is -0.455 e. The molecule has 290 valence electrons. The molecule has 62 heavy (non-hydrogen) atoms. The zero-order chi connectivity index (χ0) is 40.8. The Bertz CT molecular complexity index is 3460. The second kappa shape index (κ2) is 13.7. The second-order valence-corrected chi connectivity index (χ2v) is 17.3. The fourth-order valence-electron chi connectivity index (χ4n) is 10.6. The Morgan fingerprint density at radius 2 is 0.839 bits per heavy atom. The first-order valence-electron chi connectivity index (χ1n) is 21.3. The maximum absolute atomic E-state index is 6.42. The molecule has 9 aromatic carbocycles. The van der Waals surface area contributed by atoms with Crippen LogP contribution in [0.4, 0.5) is 17.1 Å². The van der Waals surface area contributed by atoms with E-state index in [-0.39, 0.29) is 0 Å². The van der Waals surface area contributed by atoms with Crippen molar-refractivity contribution in [3.05, 3.63) is 247 Å². The van der Waals surface area contributed by atoms with E-state index in [0.29, 0.717) is 0 Å². The van der Waals surface area contributed by atoms with Crippen LogP contribution in [0.5, 0.6) is 0 Å². The quantitative estimate of drug-likeness (QED) is 0.166. The van der Waals surface area contributed by atoms with E-state index in [9.17, 15) is 0 Å². The summed E-state index contributed by atoms with van der Waals surface area (Å²) in [6, 6.07) is 81.8. The summed E-state index contributed by atoms with van der Waals surface area (Å²) >= 11 is 1.93. The fourth-order valence-corrected chi connectivity index (χ4v) is 11.9. The van der Waals surface area contributed by atoms with Crippen LogP contribution in [0, 0.1) is 0 Å². The zero-order valence-electron chi connectivity index (χ0n) is 33.6. The summed E-state index contributed by atoms with van der Waals surface area (Å²) in [4.78, 5) is 4.97. The molecule has 0 atom stereocenters. The molecule has 0 unspecified atom stereocenters. The van der Waals surface area contributed by atoms with Crippen molar-refractivity contribution in [3.63, 3.8) is 0 Å². The summed E-state index contributed by atoms with van der Waals surface area (Å²) in [5.74, 6) is 0. The average molecular weight is 808 g/mol. The van der Waals surface area contributed by atoms with Crippen molar-refractivity contribution in [2.45, 2.75) is 5.41 Å². The van der Waals surface area contributed by atoms with E-state index >= 15 is 0 Å². The Morgan fingerprint density at radius 3 is 1.52 bits per heavy atom. The lowest BCUT2D eigenvalue weighted by Crippen LogP contribution is -2.26. The van der Waals surface area contributed by atoms with Gasteiger partial charge in [-0.15, -0.1) is 11.3 Å². The molecule has 2 aliphatic carbocycles. The van der Waals surface area contributed by atoms with Gasteiger partial charge in [-0.1, -0.05) is 182 Å². The number of para-hydroxylation sites is 3. The van der Waals surface area contributed by atoms with Crippen molar-refractivity contribution >= 4 is 50.3 Å². The van der Waals surface area contributed by atoms with Gasteiger partial charge in [0.15, 0.2) is 0 Å². The van der Waals surface area contributed by atoms with Crippen molar-refractivity contribution in [2.24, 2.45) is 0 Å². The molecular weight excluding hydrogens is 771 g/mol. The Balaban J connectivity index is 0.959. The van der Waals surface area contributed by atoms with Gasteiger partial charge >= 0.3 is 0 Å². The van der Waals surface area contributed by atoms with Crippen molar-refractivity contribution in [3.8, 4) is 54.3 Å². The van der Waals surface area contributed by atoms with Crippen LogP contribution in [0.25, 0.3) is 76.2 Å². The van der Waals surface area contributed by atoms with Gasteiger partial charge in [-0.2, -0.15) is 0 Å². The van der Waals surface area contributed by atoms with Crippen LogP contribution in [-0.2, 0) is 5.41 Å². The number of fused-ring (bicyclic) bond motifs is 13. The highest BCUT2D eigenvalue weighted by Crippen LogP contribution is 2.68. The first-order chi connectivity index (χ1) is 30.8. The van der Waals surface area contributed by atoms with Gasteiger partial charge in [-0.05, 0) is 98.1 Å². The minimum absolute atomic E-state index is 0.425. The second-order valence-electron chi connectivity index (χ2n) is 16.3. The zero-order valence-corrected chi connectivity index (χ0v) is 34.4. The van der Waals surface area contributed by atoms with Gasteiger partial charge in [0, 0.05) is 48.7 Å². The molecule has 2 aliphatic rings. The highest BCUT2D eigenvalue weighted by atomic mass is 32.1. The van der Waals surface area contributed by atoms with Crippen molar-refractivity contribution in [2.75, 3.05) is 4.90 Å². The summed E-state index contributed by atoms with van der Waals surface area (Å²) in [5, 5.41) is 2.28. The van der Waals surface area contributed by atoms with Crippen LogP contribution in [0.15, 0.2) is 229 Å². The topological polar surface area (TPSA) is 16.4 Å². The van der Waals surface area contributed by atoms with Gasteiger partial charge in [-0.25, -0.2) is 0 Å². The third kappa shape index (κ3) is 4.97. The summed E-state index contributed by atoms with van der Waals surface area (Å²) in [6.45, 7) is 0. The molecule has 13 rings (SSSR count). The SMILES string of the molecule is c1ccc(-c2sc(-c3ccc(N(c4ccccc4)c4ccc(-c5cccc6c5oc5ccccc56)cc4)cc3)c3c2C2(c4ccccc4-c4ccccc42)c2ccccc2-3)cc1. The van der Waals surface area contributed by atoms with Crippen LogP contribution < -0.4 is 4.90 Å². The van der Waals surface area contributed by atoms with E-state index in [2.05, 4.69) is 217 Å². The molecule has 0 amide bonds. The number of thiophene rings is 1. The molecule has 2 aromatic heterocycles. The number of nitrogens with zero attached hydrogens (tertiary/aromatic N) is 1. The third-order valence-electron chi connectivity index (χ3n) is 13.1. The molecule has 0 saturated heterocycles. The molecule has 0 N–H and O–H groups in total. The molecule has 1 spiro atoms. The van der Waals surface area contributed by atoms with Crippen molar-refractivity contribution < 1.29 is 4.42 Å². The van der Waals surface area contributed by atoms with E-state index in [1.165, 1.54) is 65.4 Å². The smallest absolute Gasteiger partial charge is 0.143 e. The van der Waals surface area contributed by atoms with Gasteiger partial charge in [0.25, 0.3) is 0 Å². The maximum Gasteiger partial charge on any atom is 0.143 e. The summed E-state index contributed by atoms with van der Waals surface area (Å²) in [5.41, 5.74) is 20.2. The van der Waals surface area contributed by atoms with Crippen molar-refractivity contribution in [1.29, 1.82) is 0 Å². The van der Waals surface area contributed by atoms with E-state index in [4.69, 9.17) is 4.42 Å². The summed E-state index contributed by atoms with van der Waals surface area (Å²) in [6.07, 6.45) is 0. The van der Waals surface area contributed by atoms with Crippen LogP contribution in [0.1, 0.15) is 22.3 Å². The van der Waals surface area contributed by atoms with E-state index < -0.39 is 5.41 Å². The number of rotatable bonds is 6. The van der Waals surface area contributed by atoms with Crippen LogP contribution in [0.3, 0.4) is 0 Å². The van der Waals surface area contributed by atoms with Gasteiger partial charge in [0.05, 0.1) is 5.41 Å². The Labute approximate surface area is 364 Å². The maximum atomic E-state index is 6.42. The lowest BCUT2D eigenvalue weighted by Gasteiger charge is -2.31. The highest BCUT2D eigenvalue weighted by Gasteiger charge is 2.54. The first kappa shape index (κ1) is 35.1. The molecule has 2 nitrogen and oxygen atoms in total. The summed E-state index contributed by atoms with van der Waals surface area (Å²) in [7, 11) is 0. The van der Waals surface area contributed by atoms with E-state index in [0.717, 1.165) is 50.1 Å². The molecule has 0 bridgehead atoms. The number of hydrogen-bond donors (Lipinski definition) is 0. The number of anilines is 3. The molecule has 0 saturated carbocycles. The number of hydrogen-bond acceptors (Lipinski definition) is 3. The van der Waals surface area contributed by atoms with Gasteiger partial charge in [-0.3, -0.25) is 0 Å². The van der Waals surface area contributed by atoms with E-state index in [1.54, 1.807) is 0 Å². The average Bonchev–Trinajstić information content (AvgIpc) is 4.09. The van der Waals surface area contributed by atoms with Crippen LogP contribution in [-0.4, -0.2) is 0 Å². The molecule has 0 fully saturated rings. The van der Waals surface area contributed by atoms with Crippen molar-refractivity contribution in [1.82, 2.24) is 0 Å². The van der Waals surface area contributed by atoms with Gasteiger partial charge in [0.1, 0.15) is 11.2 Å². The molecule has 11 aromatic rings. The normalized spacial score (nSPS) is 13.0. The monoisotopic (exact) mass is 807 g/mol. The third-order valence-corrected chi connectivity index (χ3v) is 14.4. The minimum atomic E-state index is -0.425. The molecule has 0 aliphatic heterocycles. The summed E-state index contributed by atoms with van der Waals surface area (Å²) < 4.78 is 6.42. The molecular formula is C59H37NOS. The van der Waals surface area contributed by atoms with Gasteiger partial charge in [0.2, 0.25) is 0 Å². The Hall–Kier alpha value is -7.72. The number of benzene rings is 9. The lowest BCUT2D eigenvalue weighted by molar-refractivity contribution is 0.670. The molecule has 0 radical (unpaired) electrons. The lowest BCUT2D eigenvalue weighted by atomic mass is 9.70. The van der Waals surface area contributed by atoms with Crippen LogP contribution >= 0.6 is 11.3 Å². The predicted octanol–water partition coefficient (Wildman–Crippen LogP) is 16.5. The fraction of sp³-hybridized carbons (Fsp3) is 0.0169. The standard InChI is InChI=1S/C59H37NOS/c1-3-16-39(17-4-1)58-55-54(49-23-9-13-28-52(49)59(55)50-26-11-7-20-45(50)46-21-8-12-27-51(46)59)57(62-58)40-32-36-43(37-33-40)60(41-18-5-2-6-19-41)42-34-30-38(31-35-42)44-24-15-25-48-47-22-10-14-29-53(47)61-56(44)48/h1-37H. The predicted molar refractivity (Wildman–Crippen MR) is 259 cm³/mol. The molecule has 3 heteroatoms.